The fourth-order valence-electron chi connectivity index (χ4n) is 5.01. The van der Waals surface area contributed by atoms with Crippen molar-refractivity contribution in [3.8, 4) is 0 Å². The Kier molecular flexibility index (Phi) is 5.66. The van der Waals surface area contributed by atoms with Gasteiger partial charge in [0.2, 0.25) is 0 Å². The highest BCUT2D eigenvalue weighted by Gasteiger charge is 2.47. The SMILES string of the molecule is CCc1ccc([C@@]2(C)CC(C)(C)N(C(=O)c3ccc(Cl)c(Cl)c3)c3ccccc32)cc1. The Morgan fingerprint density at radius 2 is 1.61 bits per heavy atom. The molecule has 0 radical (unpaired) electrons. The molecule has 3 aromatic carbocycles. The number of halogens is 2. The van der Waals surface area contributed by atoms with E-state index >= 15 is 0 Å². The predicted octanol–water partition coefficient (Wildman–Crippen LogP) is 7.69. The maximum absolute atomic E-state index is 13.7. The highest BCUT2D eigenvalue weighted by molar-refractivity contribution is 6.42. The van der Waals surface area contributed by atoms with Crippen LogP contribution in [0.5, 0.6) is 0 Å². The van der Waals surface area contributed by atoms with Gasteiger partial charge in [-0.1, -0.05) is 79.5 Å². The molecule has 0 spiro atoms. The molecule has 0 bridgehead atoms. The molecule has 0 N–H and O–H groups in total. The number of para-hydroxylation sites is 1. The van der Waals surface area contributed by atoms with E-state index in [1.54, 1.807) is 18.2 Å². The van der Waals surface area contributed by atoms with Crippen molar-refractivity contribution in [2.24, 2.45) is 0 Å². The van der Waals surface area contributed by atoms with Gasteiger partial charge in [-0.3, -0.25) is 4.79 Å². The van der Waals surface area contributed by atoms with Crippen molar-refractivity contribution in [2.75, 3.05) is 4.90 Å². The Labute approximate surface area is 194 Å². The third kappa shape index (κ3) is 3.77. The molecule has 0 aromatic heterocycles. The number of hydrogen-bond acceptors (Lipinski definition) is 1. The highest BCUT2D eigenvalue weighted by Crippen LogP contribution is 2.50. The molecule has 4 heteroatoms. The maximum atomic E-state index is 13.7. The zero-order valence-corrected chi connectivity index (χ0v) is 19.9. The number of carbonyl (C=O) groups excluding carboxylic acids is 1. The van der Waals surface area contributed by atoms with E-state index in [2.05, 4.69) is 64.1 Å². The maximum Gasteiger partial charge on any atom is 0.258 e. The topological polar surface area (TPSA) is 20.3 Å². The lowest BCUT2D eigenvalue weighted by atomic mass is 9.65. The monoisotopic (exact) mass is 451 g/mol. The fourth-order valence-corrected chi connectivity index (χ4v) is 5.31. The molecule has 31 heavy (non-hydrogen) atoms. The average Bonchev–Trinajstić information content (AvgIpc) is 2.75. The molecule has 1 aliphatic heterocycles. The third-order valence-electron chi connectivity index (χ3n) is 6.50. The summed E-state index contributed by atoms with van der Waals surface area (Å²) in [7, 11) is 0. The summed E-state index contributed by atoms with van der Waals surface area (Å²) in [5.74, 6) is -0.0700. The van der Waals surface area contributed by atoms with Crippen LogP contribution in [-0.4, -0.2) is 11.4 Å². The summed E-state index contributed by atoms with van der Waals surface area (Å²) in [6.45, 7) is 8.73. The minimum absolute atomic E-state index is 0.0700. The van der Waals surface area contributed by atoms with E-state index in [0.29, 0.717) is 15.6 Å². The Morgan fingerprint density at radius 3 is 2.26 bits per heavy atom. The number of amides is 1. The Hall–Kier alpha value is -2.29. The molecular formula is C27H27Cl2NO. The van der Waals surface area contributed by atoms with E-state index < -0.39 is 5.54 Å². The molecule has 0 saturated carbocycles. The fraction of sp³-hybridized carbons (Fsp3) is 0.296. The van der Waals surface area contributed by atoms with Crippen LogP contribution >= 0.6 is 23.2 Å². The van der Waals surface area contributed by atoms with Gasteiger partial charge in [0.05, 0.1) is 10.0 Å². The summed E-state index contributed by atoms with van der Waals surface area (Å²) in [4.78, 5) is 15.6. The molecule has 0 unspecified atom stereocenters. The van der Waals surface area contributed by atoms with E-state index in [1.807, 2.05) is 17.0 Å². The quantitative estimate of drug-likeness (QED) is 0.399. The summed E-state index contributed by atoms with van der Waals surface area (Å²) < 4.78 is 0. The summed E-state index contributed by atoms with van der Waals surface area (Å²) in [6, 6.07) is 22.2. The number of carbonyl (C=O) groups is 1. The smallest absolute Gasteiger partial charge is 0.258 e. The number of rotatable bonds is 3. The molecule has 0 fully saturated rings. The zero-order valence-electron chi connectivity index (χ0n) is 18.4. The number of nitrogens with zero attached hydrogens (tertiary/aromatic N) is 1. The van der Waals surface area contributed by atoms with Crippen LogP contribution in [0, 0.1) is 0 Å². The first-order valence-corrected chi connectivity index (χ1v) is 11.4. The van der Waals surface area contributed by atoms with Crippen molar-refractivity contribution in [1.29, 1.82) is 0 Å². The van der Waals surface area contributed by atoms with Gasteiger partial charge in [-0.2, -0.15) is 0 Å². The lowest BCUT2D eigenvalue weighted by Crippen LogP contribution is -2.55. The van der Waals surface area contributed by atoms with Crippen molar-refractivity contribution in [1.82, 2.24) is 0 Å². The van der Waals surface area contributed by atoms with Crippen molar-refractivity contribution in [3.05, 3.63) is 99.0 Å². The Balaban J connectivity index is 1.85. The minimum atomic E-state index is -0.407. The van der Waals surface area contributed by atoms with Crippen LogP contribution in [-0.2, 0) is 11.8 Å². The molecule has 1 heterocycles. The van der Waals surface area contributed by atoms with Crippen molar-refractivity contribution in [3.63, 3.8) is 0 Å². The van der Waals surface area contributed by atoms with Gasteiger partial charge >= 0.3 is 0 Å². The molecule has 2 nitrogen and oxygen atoms in total. The predicted molar refractivity (Wildman–Crippen MR) is 131 cm³/mol. The largest absolute Gasteiger partial charge is 0.302 e. The second-order valence-corrected chi connectivity index (χ2v) is 9.97. The first-order valence-electron chi connectivity index (χ1n) is 10.7. The summed E-state index contributed by atoms with van der Waals surface area (Å²) in [5.41, 5.74) is 4.62. The summed E-state index contributed by atoms with van der Waals surface area (Å²) >= 11 is 12.3. The number of aryl methyl sites for hydroxylation is 1. The lowest BCUT2D eigenvalue weighted by molar-refractivity contribution is 0.0948. The van der Waals surface area contributed by atoms with Gasteiger partial charge in [-0.05, 0) is 67.6 Å². The van der Waals surface area contributed by atoms with Crippen LogP contribution in [0.4, 0.5) is 5.69 Å². The van der Waals surface area contributed by atoms with E-state index in [-0.39, 0.29) is 11.3 Å². The van der Waals surface area contributed by atoms with Gasteiger partial charge in [0.15, 0.2) is 0 Å². The summed E-state index contributed by atoms with van der Waals surface area (Å²) in [5, 5.41) is 0.830. The van der Waals surface area contributed by atoms with Gasteiger partial charge in [0.25, 0.3) is 5.91 Å². The molecule has 0 saturated heterocycles. The Morgan fingerprint density at radius 1 is 0.935 bits per heavy atom. The molecule has 3 aromatic rings. The average molecular weight is 452 g/mol. The number of fused-ring (bicyclic) bond motifs is 1. The number of hydrogen-bond donors (Lipinski definition) is 0. The molecule has 0 aliphatic carbocycles. The van der Waals surface area contributed by atoms with Crippen LogP contribution in [0.25, 0.3) is 0 Å². The summed E-state index contributed by atoms with van der Waals surface area (Å²) in [6.07, 6.45) is 1.82. The van der Waals surface area contributed by atoms with Gasteiger partial charge in [-0.15, -0.1) is 0 Å². The second kappa shape index (κ2) is 8.00. The van der Waals surface area contributed by atoms with Crippen LogP contribution in [0.15, 0.2) is 66.7 Å². The normalized spacial score (nSPS) is 19.7. The second-order valence-electron chi connectivity index (χ2n) is 9.16. The van der Waals surface area contributed by atoms with Gasteiger partial charge in [-0.25, -0.2) is 0 Å². The standard InChI is InChI=1S/C27H27Cl2NO/c1-5-18-10-13-20(14-11-18)27(4)17-26(2,3)30(24-9-7-6-8-21(24)27)25(31)19-12-15-22(28)23(29)16-19/h6-16H,5,17H2,1-4H3/t27-/m1/s1. The van der Waals surface area contributed by atoms with E-state index in [9.17, 15) is 4.79 Å². The third-order valence-corrected chi connectivity index (χ3v) is 7.24. The molecule has 4 rings (SSSR count). The highest BCUT2D eigenvalue weighted by atomic mass is 35.5. The molecule has 1 amide bonds. The van der Waals surface area contributed by atoms with Crippen LogP contribution < -0.4 is 4.90 Å². The Bertz CT molecular complexity index is 1140. The lowest BCUT2D eigenvalue weighted by Gasteiger charge is -2.51. The van der Waals surface area contributed by atoms with Crippen molar-refractivity contribution in [2.45, 2.75) is 51.5 Å². The van der Waals surface area contributed by atoms with Gasteiger partial charge in [0.1, 0.15) is 0 Å². The van der Waals surface area contributed by atoms with E-state index in [1.165, 1.54) is 11.1 Å². The first-order chi connectivity index (χ1) is 14.7. The zero-order chi connectivity index (χ0) is 22.4. The minimum Gasteiger partial charge on any atom is -0.302 e. The van der Waals surface area contributed by atoms with Gasteiger partial charge in [0, 0.05) is 22.2 Å². The van der Waals surface area contributed by atoms with Crippen LogP contribution in [0.2, 0.25) is 10.0 Å². The van der Waals surface area contributed by atoms with Crippen molar-refractivity contribution < 1.29 is 4.79 Å². The first kappa shape index (κ1) is 21.9. The van der Waals surface area contributed by atoms with Crippen LogP contribution in [0.3, 0.4) is 0 Å². The molecule has 160 valence electrons. The van der Waals surface area contributed by atoms with E-state index in [0.717, 1.165) is 24.1 Å². The number of anilines is 1. The molecular weight excluding hydrogens is 425 g/mol. The number of benzene rings is 3. The van der Waals surface area contributed by atoms with Crippen molar-refractivity contribution >= 4 is 34.8 Å². The van der Waals surface area contributed by atoms with Gasteiger partial charge < -0.3 is 4.90 Å². The molecule has 1 atom stereocenters. The van der Waals surface area contributed by atoms with Crippen LogP contribution in [0.1, 0.15) is 61.2 Å². The molecule has 1 aliphatic rings. The van der Waals surface area contributed by atoms with E-state index in [4.69, 9.17) is 23.2 Å².